The number of ether oxygens (including phenoxy) is 1. The molecule has 0 aliphatic rings. The lowest BCUT2D eigenvalue weighted by Crippen LogP contribution is -2.07. The first-order valence-electron chi connectivity index (χ1n) is 7.48. The fourth-order valence-electron chi connectivity index (χ4n) is 2.51. The van der Waals surface area contributed by atoms with Crippen LogP contribution in [0.25, 0.3) is 16.9 Å². The van der Waals surface area contributed by atoms with Crippen molar-refractivity contribution in [3.63, 3.8) is 0 Å². The van der Waals surface area contributed by atoms with Gasteiger partial charge in [0, 0.05) is 5.56 Å². The first-order valence-corrected chi connectivity index (χ1v) is 8.24. The molecule has 0 amide bonds. The number of nitrogens with zero attached hydrogens (tertiary/aromatic N) is 2. The second-order valence-corrected chi connectivity index (χ2v) is 6.45. The lowest BCUT2D eigenvalue weighted by molar-refractivity contribution is -0.141. The normalized spacial score (nSPS) is 11.7. The Morgan fingerprint density at radius 3 is 2.08 bits per heavy atom. The van der Waals surface area contributed by atoms with Gasteiger partial charge >= 0.3 is 6.18 Å². The van der Waals surface area contributed by atoms with Crippen molar-refractivity contribution in [3.05, 3.63) is 63.8 Å². The molecule has 0 fully saturated rings. The second kappa shape index (κ2) is 6.85. The summed E-state index contributed by atoms with van der Waals surface area (Å²) < 4.78 is 45.9. The van der Waals surface area contributed by atoms with E-state index in [1.165, 1.54) is 23.9 Å². The second-order valence-electron chi connectivity index (χ2n) is 5.63. The van der Waals surface area contributed by atoms with Gasteiger partial charge in [-0.1, -0.05) is 40.9 Å². The average Bonchev–Trinajstić information content (AvgIpc) is 3.01. The van der Waals surface area contributed by atoms with E-state index >= 15 is 0 Å². The Bertz CT molecular complexity index is 927. The fraction of sp³-hybridized carbons (Fsp3) is 0.167. The molecule has 2 aromatic carbocycles. The minimum atomic E-state index is -4.58. The molecule has 3 aromatic rings. The minimum absolute atomic E-state index is 0.195. The maximum Gasteiger partial charge on any atom is 0.435 e. The Morgan fingerprint density at radius 1 is 1.00 bits per heavy atom. The van der Waals surface area contributed by atoms with Crippen LogP contribution in [-0.4, -0.2) is 16.9 Å². The van der Waals surface area contributed by atoms with Crippen LogP contribution < -0.4 is 4.74 Å². The Labute approximate surface area is 157 Å². The summed E-state index contributed by atoms with van der Waals surface area (Å²) in [7, 11) is 1.41. The first kappa shape index (κ1) is 18.6. The summed E-state index contributed by atoms with van der Waals surface area (Å²) in [6.45, 7) is 1.89. The van der Waals surface area contributed by atoms with E-state index in [1.54, 1.807) is 24.3 Å². The standard InChI is InChI=1S/C18H13Cl2F3N2O/c1-10-3-5-12(6-4-10)25-15(9-16(24-25)18(21,22)23)11-7-13(19)17(26-2)14(20)8-11/h3-9H,1-2H3. The van der Waals surface area contributed by atoms with Crippen LogP contribution in [0.3, 0.4) is 0 Å². The van der Waals surface area contributed by atoms with Gasteiger partial charge in [0.25, 0.3) is 0 Å². The molecule has 1 heterocycles. The summed E-state index contributed by atoms with van der Waals surface area (Å²) in [6.07, 6.45) is -4.58. The molecular weight excluding hydrogens is 388 g/mol. The number of methoxy groups -OCH3 is 1. The molecule has 0 atom stereocenters. The molecule has 0 spiro atoms. The summed E-state index contributed by atoms with van der Waals surface area (Å²) in [5.41, 5.74) is 1.08. The third-order valence-corrected chi connectivity index (χ3v) is 4.34. The highest BCUT2D eigenvalue weighted by Crippen LogP contribution is 2.39. The number of aryl methyl sites for hydroxylation is 1. The average molecular weight is 401 g/mol. The van der Waals surface area contributed by atoms with Gasteiger partial charge in [-0.25, -0.2) is 4.68 Å². The van der Waals surface area contributed by atoms with Crippen molar-refractivity contribution in [2.75, 3.05) is 7.11 Å². The van der Waals surface area contributed by atoms with Crippen LogP contribution in [0.5, 0.6) is 5.75 Å². The highest BCUT2D eigenvalue weighted by Gasteiger charge is 2.35. The van der Waals surface area contributed by atoms with Gasteiger partial charge in [-0.15, -0.1) is 0 Å². The van der Waals surface area contributed by atoms with Gasteiger partial charge in [0.1, 0.15) is 0 Å². The number of alkyl halides is 3. The summed E-state index contributed by atoms with van der Waals surface area (Å²) in [6, 6.07) is 10.9. The van der Waals surface area contributed by atoms with Crippen LogP contribution in [0.2, 0.25) is 10.0 Å². The molecule has 0 saturated carbocycles. The van der Waals surface area contributed by atoms with Crippen LogP contribution in [-0.2, 0) is 6.18 Å². The third-order valence-electron chi connectivity index (χ3n) is 3.78. The molecule has 0 aliphatic heterocycles. The molecule has 0 radical (unpaired) electrons. The van der Waals surface area contributed by atoms with Gasteiger partial charge in [0.2, 0.25) is 0 Å². The quantitative estimate of drug-likeness (QED) is 0.524. The van der Waals surface area contributed by atoms with E-state index < -0.39 is 11.9 Å². The van der Waals surface area contributed by atoms with Crippen molar-refractivity contribution in [2.45, 2.75) is 13.1 Å². The number of benzene rings is 2. The van der Waals surface area contributed by atoms with Gasteiger partial charge in [0.05, 0.1) is 28.5 Å². The van der Waals surface area contributed by atoms with E-state index in [1.807, 2.05) is 6.92 Å². The zero-order valence-electron chi connectivity index (χ0n) is 13.7. The Morgan fingerprint density at radius 2 is 1.58 bits per heavy atom. The van der Waals surface area contributed by atoms with Crippen molar-refractivity contribution in [1.82, 2.24) is 9.78 Å². The summed E-state index contributed by atoms with van der Waals surface area (Å²) >= 11 is 12.3. The highest BCUT2D eigenvalue weighted by molar-refractivity contribution is 6.37. The number of hydrogen-bond donors (Lipinski definition) is 0. The van der Waals surface area contributed by atoms with Crippen molar-refractivity contribution in [3.8, 4) is 22.7 Å². The fourth-order valence-corrected chi connectivity index (χ4v) is 3.15. The molecule has 136 valence electrons. The predicted octanol–water partition coefficient (Wildman–Crippen LogP) is 6.18. The Hall–Kier alpha value is -2.18. The van der Waals surface area contributed by atoms with Crippen molar-refractivity contribution < 1.29 is 17.9 Å². The van der Waals surface area contributed by atoms with Gasteiger partial charge in [0.15, 0.2) is 11.4 Å². The lowest BCUT2D eigenvalue weighted by Gasteiger charge is -2.11. The number of hydrogen-bond acceptors (Lipinski definition) is 2. The SMILES string of the molecule is COc1c(Cl)cc(-c2cc(C(F)(F)F)nn2-c2ccc(C)cc2)cc1Cl. The molecule has 0 unspecified atom stereocenters. The summed E-state index contributed by atoms with van der Waals surface area (Å²) in [4.78, 5) is 0. The topological polar surface area (TPSA) is 27.1 Å². The zero-order valence-corrected chi connectivity index (χ0v) is 15.2. The third kappa shape index (κ3) is 3.52. The molecule has 1 aromatic heterocycles. The summed E-state index contributed by atoms with van der Waals surface area (Å²) in [5, 5.41) is 4.12. The van der Waals surface area contributed by atoms with E-state index in [2.05, 4.69) is 5.10 Å². The predicted molar refractivity (Wildman–Crippen MR) is 95.3 cm³/mol. The number of rotatable bonds is 3. The molecule has 0 bridgehead atoms. The van der Waals surface area contributed by atoms with E-state index in [4.69, 9.17) is 27.9 Å². The van der Waals surface area contributed by atoms with Gasteiger partial charge < -0.3 is 4.74 Å². The number of aromatic nitrogens is 2. The molecular formula is C18H13Cl2F3N2O. The summed E-state index contributed by atoms with van der Waals surface area (Å²) in [5.74, 6) is 0.259. The number of halogens is 5. The monoisotopic (exact) mass is 400 g/mol. The van der Waals surface area contributed by atoms with Gasteiger partial charge in [-0.3, -0.25) is 0 Å². The van der Waals surface area contributed by atoms with Crippen molar-refractivity contribution >= 4 is 23.2 Å². The van der Waals surface area contributed by atoms with E-state index in [0.717, 1.165) is 11.6 Å². The molecule has 0 aliphatic carbocycles. The van der Waals surface area contributed by atoms with Crippen LogP contribution in [0.4, 0.5) is 13.2 Å². The minimum Gasteiger partial charge on any atom is -0.494 e. The molecule has 8 heteroatoms. The molecule has 26 heavy (non-hydrogen) atoms. The molecule has 3 rings (SSSR count). The van der Waals surface area contributed by atoms with E-state index in [9.17, 15) is 13.2 Å². The van der Waals surface area contributed by atoms with Crippen LogP contribution in [0.1, 0.15) is 11.3 Å². The maximum absolute atomic E-state index is 13.2. The molecule has 0 N–H and O–H groups in total. The Kier molecular flexibility index (Phi) is 4.90. The van der Waals surface area contributed by atoms with E-state index in [0.29, 0.717) is 11.3 Å². The molecule has 0 saturated heterocycles. The van der Waals surface area contributed by atoms with Crippen molar-refractivity contribution in [1.29, 1.82) is 0 Å². The van der Waals surface area contributed by atoms with E-state index in [-0.39, 0.29) is 21.5 Å². The van der Waals surface area contributed by atoms with Crippen LogP contribution >= 0.6 is 23.2 Å². The Balaban J connectivity index is 2.23. The molecule has 3 nitrogen and oxygen atoms in total. The van der Waals surface area contributed by atoms with Crippen LogP contribution in [0.15, 0.2) is 42.5 Å². The lowest BCUT2D eigenvalue weighted by atomic mass is 10.1. The first-order chi connectivity index (χ1) is 12.2. The highest BCUT2D eigenvalue weighted by atomic mass is 35.5. The largest absolute Gasteiger partial charge is 0.494 e. The van der Waals surface area contributed by atoms with Gasteiger partial charge in [-0.2, -0.15) is 18.3 Å². The van der Waals surface area contributed by atoms with Crippen molar-refractivity contribution in [2.24, 2.45) is 0 Å². The smallest absolute Gasteiger partial charge is 0.435 e. The zero-order chi connectivity index (χ0) is 19.1. The maximum atomic E-state index is 13.2. The van der Waals surface area contributed by atoms with Crippen LogP contribution in [0, 0.1) is 6.92 Å². The van der Waals surface area contributed by atoms with Gasteiger partial charge in [-0.05, 0) is 37.3 Å².